The molecule has 1 aliphatic rings. The first kappa shape index (κ1) is 15.0. The summed E-state index contributed by atoms with van der Waals surface area (Å²) in [4.78, 5) is 15.7. The Bertz CT molecular complexity index is 487. The van der Waals surface area contributed by atoms with Crippen molar-refractivity contribution in [1.82, 2.24) is 4.98 Å². The number of nitrogens with one attached hydrogen (secondary N) is 1. The van der Waals surface area contributed by atoms with Crippen LogP contribution in [0.5, 0.6) is 0 Å². The normalized spacial score (nSPS) is 16.9. The van der Waals surface area contributed by atoms with Crippen molar-refractivity contribution in [3.05, 3.63) is 17.8 Å². The van der Waals surface area contributed by atoms with Crippen molar-refractivity contribution >= 4 is 29.2 Å². The van der Waals surface area contributed by atoms with Crippen molar-refractivity contribution < 1.29 is 9.53 Å². The summed E-state index contributed by atoms with van der Waals surface area (Å²) in [6, 6.07) is 3.26. The quantitative estimate of drug-likeness (QED) is 0.813. The minimum Gasteiger partial charge on any atom is -0.464 e. The molecule has 1 saturated carbocycles. The predicted octanol–water partition coefficient (Wildman–Crippen LogP) is 2.54. The van der Waals surface area contributed by atoms with Gasteiger partial charge in [-0.05, 0) is 31.2 Å². The molecule has 6 heteroatoms. The number of carbonyl (C=O) groups is 1. The highest BCUT2D eigenvalue weighted by Gasteiger charge is 2.32. The fourth-order valence-corrected chi connectivity index (χ4v) is 3.46. The molecule has 0 radical (unpaired) electrons. The van der Waals surface area contributed by atoms with Crippen LogP contribution in [0.2, 0.25) is 0 Å². The fourth-order valence-electron chi connectivity index (χ4n) is 2.55. The van der Waals surface area contributed by atoms with E-state index in [2.05, 4.69) is 21.3 Å². The first-order chi connectivity index (χ1) is 9.60. The Labute approximate surface area is 123 Å². The van der Waals surface area contributed by atoms with Gasteiger partial charge in [-0.2, -0.15) is 11.8 Å². The number of anilines is 2. The van der Waals surface area contributed by atoms with Gasteiger partial charge in [-0.25, -0.2) is 9.78 Å². The number of esters is 1. The topological polar surface area (TPSA) is 77.2 Å². The van der Waals surface area contributed by atoms with E-state index in [0.717, 1.165) is 6.54 Å². The average Bonchev–Trinajstić information content (AvgIpc) is 2.95. The summed E-state index contributed by atoms with van der Waals surface area (Å²) in [6.45, 7) is 0.815. The number of methoxy groups -OCH3 is 1. The van der Waals surface area contributed by atoms with Crippen molar-refractivity contribution in [3.63, 3.8) is 0 Å². The van der Waals surface area contributed by atoms with Crippen molar-refractivity contribution in [2.24, 2.45) is 0 Å². The van der Waals surface area contributed by atoms with E-state index in [4.69, 9.17) is 5.73 Å². The maximum atomic E-state index is 11.5. The van der Waals surface area contributed by atoms with Crippen LogP contribution in [-0.2, 0) is 4.74 Å². The minimum absolute atomic E-state index is 0.259. The largest absolute Gasteiger partial charge is 0.464 e. The molecule has 0 bridgehead atoms. The van der Waals surface area contributed by atoms with Crippen LogP contribution in [0.3, 0.4) is 0 Å². The smallest absolute Gasteiger partial charge is 0.356 e. The van der Waals surface area contributed by atoms with E-state index >= 15 is 0 Å². The molecule has 0 atom stereocenters. The van der Waals surface area contributed by atoms with Crippen LogP contribution in [-0.4, -0.2) is 35.6 Å². The van der Waals surface area contributed by atoms with Crippen molar-refractivity contribution in [2.75, 3.05) is 31.0 Å². The molecule has 0 unspecified atom stereocenters. The number of thioether (sulfide) groups is 1. The van der Waals surface area contributed by atoms with E-state index in [1.165, 1.54) is 32.8 Å². The SMILES string of the molecule is COC(=O)c1ccc(N)c(NCC2(SC)CCCC2)n1. The second kappa shape index (κ2) is 6.35. The van der Waals surface area contributed by atoms with Gasteiger partial charge in [0.2, 0.25) is 0 Å². The van der Waals surface area contributed by atoms with Gasteiger partial charge in [0.25, 0.3) is 0 Å². The highest BCUT2D eigenvalue weighted by atomic mass is 32.2. The zero-order valence-electron chi connectivity index (χ0n) is 11.9. The van der Waals surface area contributed by atoms with E-state index < -0.39 is 5.97 Å². The first-order valence-electron chi connectivity index (χ1n) is 6.74. The lowest BCUT2D eigenvalue weighted by Crippen LogP contribution is -2.30. The van der Waals surface area contributed by atoms with Gasteiger partial charge in [-0.1, -0.05) is 12.8 Å². The summed E-state index contributed by atoms with van der Waals surface area (Å²) in [5, 5.41) is 3.30. The Hall–Kier alpha value is -1.43. The van der Waals surface area contributed by atoms with Crippen molar-refractivity contribution in [2.45, 2.75) is 30.4 Å². The average molecular weight is 295 g/mol. The Morgan fingerprint density at radius 1 is 1.50 bits per heavy atom. The number of nitrogens with zero attached hydrogens (tertiary/aromatic N) is 1. The molecule has 0 aromatic carbocycles. The molecule has 3 N–H and O–H groups in total. The molecule has 1 heterocycles. The van der Waals surface area contributed by atoms with Crippen LogP contribution < -0.4 is 11.1 Å². The third-order valence-electron chi connectivity index (χ3n) is 3.85. The summed E-state index contributed by atoms with van der Waals surface area (Å²) in [6.07, 6.45) is 7.10. The van der Waals surface area contributed by atoms with Gasteiger partial charge < -0.3 is 15.8 Å². The molecule has 2 rings (SSSR count). The number of pyridine rings is 1. The predicted molar refractivity (Wildman–Crippen MR) is 83.2 cm³/mol. The van der Waals surface area contributed by atoms with Gasteiger partial charge in [0.1, 0.15) is 5.82 Å². The molecular weight excluding hydrogens is 274 g/mol. The third-order valence-corrected chi connectivity index (χ3v) is 5.27. The standard InChI is InChI=1S/C14H21N3O2S/c1-19-13(18)11-6-5-10(15)12(17-11)16-9-14(20-2)7-3-4-8-14/h5-6H,3-4,7-9,15H2,1-2H3,(H,16,17). The summed E-state index contributed by atoms with van der Waals surface area (Å²) in [5.41, 5.74) is 6.74. The molecule has 0 saturated heterocycles. The lowest BCUT2D eigenvalue weighted by molar-refractivity contribution is 0.0594. The molecule has 110 valence electrons. The Balaban J connectivity index is 2.10. The van der Waals surface area contributed by atoms with Crippen LogP contribution in [0.25, 0.3) is 0 Å². The van der Waals surface area contributed by atoms with E-state index in [1.54, 1.807) is 12.1 Å². The minimum atomic E-state index is -0.450. The molecule has 5 nitrogen and oxygen atoms in total. The molecule has 0 spiro atoms. The van der Waals surface area contributed by atoms with E-state index in [-0.39, 0.29) is 10.4 Å². The summed E-state index contributed by atoms with van der Waals surface area (Å²) in [7, 11) is 1.34. The van der Waals surface area contributed by atoms with E-state index in [1.807, 2.05) is 11.8 Å². The lowest BCUT2D eigenvalue weighted by Gasteiger charge is -2.27. The van der Waals surface area contributed by atoms with Gasteiger partial charge in [0, 0.05) is 11.3 Å². The third kappa shape index (κ3) is 3.17. The number of carbonyl (C=O) groups excluding carboxylic acids is 1. The van der Waals surface area contributed by atoms with Gasteiger partial charge >= 0.3 is 5.97 Å². The van der Waals surface area contributed by atoms with E-state index in [9.17, 15) is 4.79 Å². The zero-order valence-corrected chi connectivity index (χ0v) is 12.8. The van der Waals surface area contributed by atoms with Gasteiger partial charge in [-0.3, -0.25) is 0 Å². The van der Waals surface area contributed by atoms with Gasteiger partial charge in [0.15, 0.2) is 5.69 Å². The molecule has 20 heavy (non-hydrogen) atoms. The number of rotatable bonds is 5. The Morgan fingerprint density at radius 3 is 2.80 bits per heavy atom. The monoisotopic (exact) mass is 295 g/mol. The van der Waals surface area contributed by atoms with Crippen LogP contribution in [0, 0.1) is 0 Å². The summed E-state index contributed by atoms with van der Waals surface area (Å²) >= 11 is 1.90. The summed E-state index contributed by atoms with van der Waals surface area (Å²) < 4.78 is 4.94. The van der Waals surface area contributed by atoms with Gasteiger partial charge in [-0.15, -0.1) is 0 Å². The second-order valence-corrected chi connectivity index (χ2v) is 6.35. The molecular formula is C14H21N3O2S. The second-order valence-electron chi connectivity index (χ2n) is 5.07. The van der Waals surface area contributed by atoms with Crippen LogP contribution in [0.1, 0.15) is 36.2 Å². The zero-order chi connectivity index (χ0) is 14.6. The van der Waals surface area contributed by atoms with E-state index in [0.29, 0.717) is 11.5 Å². The molecule has 1 aliphatic carbocycles. The number of hydrogen-bond acceptors (Lipinski definition) is 6. The number of ether oxygens (including phenoxy) is 1. The first-order valence-corrected chi connectivity index (χ1v) is 7.96. The van der Waals surface area contributed by atoms with Crippen molar-refractivity contribution in [1.29, 1.82) is 0 Å². The molecule has 0 amide bonds. The maximum absolute atomic E-state index is 11.5. The molecule has 1 aromatic rings. The number of nitrogen functional groups attached to an aromatic ring is 1. The van der Waals surface area contributed by atoms with Crippen LogP contribution in [0.4, 0.5) is 11.5 Å². The molecule has 1 aromatic heterocycles. The number of aromatic nitrogens is 1. The molecule has 1 fully saturated rings. The number of nitrogens with two attached hydrogens (primary N) is 1. The highest BCUT2D eigenvalue weighted by molar-refractivity contribution is 8.00. The Morgan fingerprint density at radius 2 is 2.20 bits per heavy atom. The molecule has 0 aliphatic heterocycles. The van der Waals surface area contributed by atoms with Crippen LogP contribution >= 0.6 is 11.8 Å². The van der Waals surface area contributed by atoms with Gasteiger partial charge in [0.05, 0.1) is 12.8 Å². The summed E-state index contributed by atoms with van der Waals surface area (Å²) in [5.74, 6) is 0.113. The maximum Gasteiger partial charge on any atom is 0.356 e. The number of hydrogen-bond donors (Lipinski definition) is 2. The highest BCUT2D eigenvalue weighted by Crippen LogP contribution is 2.40. The lowest BCUT2D eigenvalue weighted by atomic mass is 10.1. The Kier molecular flexibility index (Phi) is 4.75. The van der Waals surface area contributed by atoms with Crippen LogP contribution in [0.15, 0.2) is 12.1 Å². The van der Waals surface area contributed by atoms with Crippen molar-refractivity contribution in [3.8, 4) is 0 Å². The fraction of sp³-hybridized carbons (Fsp3) is 0.571.